The first-order valence-corrected chi connectivity index (χ1v) is 7.99. The number of carbonyl (C=O) groups excluding carboxylic acids is 1. The fraction of sp³-hybridized carbons (Fsp3) is 0. The Bertz CT molecular complexity index is 1170. The average molecular weight is 367 g/mol. The van der Waals surface area contributed by atoms with Gasteiger partial charge in [-0.15, -0.1) is 0 Å². The third-order valence-electron chi connectivity index (χ3n) is 3.77. The Morgan fingerprint density at radius 2 is 2.00 bits per heavy atom. The van der Waals surface area contributed by atoms with E-state index in [1.807, 2.05) is 0 Å². The Hall–Kier alpha value is -3.45. The summed E-state index contributed by atoms with van der Waals surface area (Å²) in [5, 5.41) is 7.75. The van der Waals surface area contributed by atoms with Crippen molar-refractivity contribution in [2.24, 2.45) is 0 Å². The number of hydrogen-bond donors (Lipinski definition) is 1. The van der Waals surface area contributed by atoms with Gasteiger partial charge in [0, 0.05) is 5.39 Å². The lowest BCUT2D eigenvalue weighted by Gasteiger charge is -2.12. The minimum Gasteiger partial charge on any atom is -0.422 e. The number of para-hydroxylation sites is 2. The molecule has 8 heteroatoms. The number of carbonyl (C=O) groups is 1. The number of benzene rings is 2. The first kappa shape index (κ1) is 16.0. The number of halogens is 1. The summed E-state index contributed by atoms with van der Waals surface area (Å²) >= 11 is 6.24. The van der Waals surface area contributed by atoms with Gasteiger partial charge in [-0.3, -0.25) is 4.79 Å². The zero-order chi connectivity index (χ0) is 18.1. The van der Waals surface area contributed by atoms with Crippen molar-refractivity contribution < 1.29 is 9.21 Å². The van der Waals surface area contributed by atoms with Gasteiger partial charge in [0.25, 0.3) is 5.91 Å². The van der Waals surface area contributed by atoms with Crippen LogP contribution < -0.4 is 10.9 Å². The fourth-order valence-corrected chi connectivity index (χ4v) is 2.84. The Morgan fingerprint density at radius 3 is 2.81 bits per heavy atom. The molecule has 2 aromatic carbocycles. The molecule has 0 fully saturated rings. The quantitative estimate of drug-likeness (QED) is 0.562. The Labute approximate surface area is 151 Å². The van der Waals surface area contributed by atoms with Gasteiger partial charge in [-0.25, -0.2) is 14.5 Å². The molecular formula is C18H11ClN4O3. The van der Waals surface area contributed by atoms with Crippen LogP contribution in [-0.4, -0.2) is 20.7 Å². The van der Waals surface area contributed by atoms with Crippen LogP contribution in [0.15, 0.2) is 70.4 Å². The van der Waals surface area contributed by atoms with Gasteiger partial charge in [0.1, 0.15) is 29.5 Å². The van der Waals surface area contributed by atoms with Gasteiger partial charge in [0.2, 0.25) is 0 Å². The maximum absolute atomic E-state index is 12.7. The van der Waals surface area contributed by atoms with Gasteiger partial charge in [-0.1, -0.05) is 35.9 Å². The number of hydrogen-bond acceptors (Lipinski definition) is 5. The summed E-state index contributed by atoms with van der Waals surface area (Å²) < 4.78 is 6.64. The van der Waals surface area contributed by atoms with Gasteiger partial charge in [-0.05, 0) is 24.3 Å². The van der Waals surface area contributed by atoms with Crippen molar-refractivity contribution in [3.05, 3.63) is 82.2 Å². The molecule has 1 amide bonds. The van der Waals surface area contributed by atoms with Crippen molar-refractivity contribution >= 4 is 34.2 Å². The normalized spacial score (nSPS) is 10.8. The van der Waals surface area contributed by atoms with Crippen molar-refractivity contribution in [1.82, 2.24) is 14.8 Å². The summed E-state index contributed by atoms with van der Waals surface area (Å²) in [6.07, 6.45) is 2.81. The third-order valence-corrected chi connectivity index (χ3v) is 4.07. The number of nitrogens with one attached hydrogen (secondary N) is 1. The molecule has 0 aliphatic rings. The second kappa shape index (κ2) is 6.45. The lowest BCUT2D eigenvalue weighted by Crippen LogP contribution is -2.21. The van der Waals surface area contributed by atoms with E-state index in [-0.39, 0.29) is 5.56 Å². The highest BCUT2D eigenvalue weighted by molar-refractivity contribution is 6.33. The van der Waals surface area contributed by atoms with Crippen LogP contribution in [0.5, 0.6) is 0 Å². The minimum atomic E-state index is -0.717. The molecule has 128 valence electrons. The SMILES string of the molecule is O=C(Nc1cccc(Cl)c1-n1cncn1)c1cc2ccccc2oc1=O. The Balaban J connectivity index is 1.75. The predicted octanol–water partition coefficient (Wildman–Crippen LogP) is 3.28. The molecule has 0 spiro atoms. The van der Waals surface area contributed by atoms with Crippen LogP contribution in [-0.2, 0) is 0 Å². The number of fused-ring (bicyclic) bond motifs is 1. The molecule has 0 saturated carbocycles. The van der Waals surface area contributed by atoms with Crippen molar-refractivity contribution in [1.29, 1.82) is 0 Å². The molecule has 0 unspecified atom stereocenters. The maximum Gasteiger partial charge on any atom is 0.349 e. The van der Waals surface area contributed by atoms with Crippen molar-refractivity contribution in [3.63, 3.8) is 0 Å². The van der Waals surface area contributed by atoms with E-state index in [1.165, 1.54) is 23.4 Å². The van der Waals surface area contributed by atoms with Gasteiger partial charge >= 0.3 is 5.63 Å². The first-order valence-electron chi connectivity index (χ1n) is 7.61. The zero-order valence-corrected chi connectivity index (χ0v) is 14.0. The van der Waals surface area contributed by atoms with E-state index in [2.05, 4.69) is 15.4 Å². The summed E-state index contributed by atoms with van der Waals surface area (Å²) in [6.45, 7) is 0. The number of nitrogens with zero attached hydrogens (tertiary/aromatic N) is 3. The number of anilines is 1. The monoisotopic (exact) mass is 366 g/mol. The molecule has 0 bridgehead atoms. The summed E-state index contributed by atoms with van der Waals surface area (Å²) in [6, 6.07) is 13.5. The Kier molecular flexibility index (Phi) is 3.98. The molecule has 0 aliphatic heterocycles. The Morgan fingerprint density at radius 1 is 1.15 bits per heavy atom. The molecule has 0 radical (unpaired) electrons. The van der Waals surface area contributed by atoms with Crippen LogP contribution in [0.1, 0.15) is 10.4 Å². The topological polar surface area (TPSA) is 90.0 Å². The standard InChI is InChI=1S/C18H11ClN4O3/c19-13-5-3-6-14(16(13)23-10-20-9-21-23)22-17(24)12-8-11-4-1-2-7-15(11)26-18(12)25/h1-10H,(H,22,24). The molecule has 2 aromatic heterocycles. The smallest absolute Gasteiger partial charge is 0.349 e. The van der Waals surface area contributed by atoms with Crippen molar-refractivity contribution in [2.75, 3.05) is 5.32 Å². The highest BCUT2D eigenvalue weighted by Crippen LogP contribution is 2.28. The summed E-state index contributed by atoms with van der Waals surface area (Å²) in [5.74, 6) is -0.604. The van der Waals surface area contributed by atoms with E-state index in [9.17, 15) is 9.59 Å². The average Bonchev–Trinajstić information content (AvgIpc) is 3.15. The molecule has 0 atom stereocenters. The van der Waals surface area contributed by atoms with Gasteiger partial charge in [0.15, 0.2) is 0 Å². The van der Waals surface area contributed by atoms with Crippen LogP contribution in [0.3, 0.4) is 0 Å². The number of rotatable bonds is 3. The fourth-order valence-electron chi connectivity index (χ4n) is 2.58. The van der Waals surface area contributed by atoms with Gasteiger partial charge < -0.3 is 9.73 Å². The van der Waals surface area contributed by atoms with Crippen LogP contribution in [0, 0.1) is 0 Å². The predicted molar refractivity (Wildman–Crippen MR) is 96.8 cm³/mol. The molecule has 2 heterocycles. The maximum atomic E-state index is 12.7. The third kappa shape index (κ3) is 2.84. The van der Waals surface area contributed by atoms with Crippen LogP contribution in [0.4, 0.5) is 5.69 Å². The van der Waals surface area contributed by atoms with Gasteiger partial charge in [0.05, 0.1) is 10.7 Å². The first-order chi connectivity index (χ1) is 12.6. The molecule has 1 N–H and O–H groups in total. The van der Waals surface area contributed by atoms with Gasteiger partial charge in [-0.2, -0.15) is 5.10 Å². The van der Waals surface area contributed by atoms with Crippen LogP contribution >= 0.6 is 11.6 Å². The second-order valence-corrected chi connectivity index (χ2v) is 5.82. The lowest BCUT2D eigenvalue weighted by atomic mass is 10.1. The minimum absolute atomic E-state index is 0.104. The van der Waals surface area contributed by atoms with Crippen LogP contribution in [0.25, 0.3) is 16.7 Å². The molecule has 0 saturated heterocycles. The molecule has 26 heavy (non-hydrogen) atoms. The highest BCUT2D eigenvalue weighted by atomic mass is 35.5. The van der Waals surface area contributed by atoms with E-state index >= 15 is 0 Å². The van der Waals surface area contributed by atoms with E-state index in [0.29, 0.717) is 27.4 Å². The van der Waals surface area contributed by atoms with Crippen molar-refractivity contribution in [3.8, 4) is 5.69 Å². The number of amides is 1. The summed E-state index contributed by atoms with van der Waals surface area (Å²) in [7, 11) is 0. The van der Waals surface area contributed by atoms with E-state index in [1.54, 1.807) is 42.5 Å². The lowest BCUT2D eigenvalue weighted by molar-refractivity contribution is 0.102. The summed E-state index contributed by atoms with van der Waals surface area (Å²) in [5.41, 5.74) is 0.435. The van der Waals surface area contributed by atoms with E-state index < -0.39 is 11.5 Å². The summed E-state index contributed by atoms with van der Waals surface area (Å²) in [4.78, 5) is 28.7. The molecule has 4 aromatic rings. The van der Waals surface area contributed by atoms with Crippen LogP contribution in [0.2, 0.25) is 5.02 Å². The van der Waals surface area contributed by atoms with Crippen molar-refractivity contribution in [2.45, 2.75) is 0 Å². The highest BCUT2D eigenvalue weighted by Gasteiger charge is 2.17. The van der Waals surface area contributed by atoms with E-state index in [0.717, 1.165) is 0 Å². The second-order valence-electron chi connectivity index (χ2n) is 5.42. The number of aromatic nitrogens is 3. The molecule has 4 rings (SSSR count). The molecule has 0 aliphatic carbocycles. The largest absolute Gasteiger partial charge is 0.422 e. The zero-order valence-electron chi connectivity index (χ0n) is 13.2. The van der Waals surface area contributed by atoms with E-state index in [4.69, 9.17) is 16.0 Å². The molecular weight excluding hydrogens is 356 g/mol. The molecule has 7 nitrogen and oxygen atoms in total.